The number of rotatable bonds is 6. The Morgan fingerprint density at radius 3 is 1.80 bits per heavy atom. The zero-order chi connectivity index (χ0) is 36.3. The first-order valence-corrected chi connectivity index (χ1v) is 18.8. The maximum atomic E-state index is 6.37. The van der Waals surface area contributed by atoms with Gasteiger partial charge >= 0.3 is 0 Å². The van der Waals surface area contributed by atoms with Crippen molar-refractivity contribution in [2.45, 2.75) is 0 Å². The zero-order valence-electron chi connectivity index (χ0n) is 29.9. The summed E-state index contributed by atoms with van der Waals surface area (Å²) >= 11 is 0. The van der Waals surface area contributed by atoms with E-state index in [9.17, 15) is 0 Å². The van der Waals surface area contributed by atoms with Gasteiger partial charge in [0.25, 0.3) is 0 Å². The highest BCUT2D eigenvalue weighted by Crippen LogP contribution is 2.42. The van der Waals surface area contributed by atoms with Crippen LogP contribution in [0.3, 0.4) is 0 Å². The molecule has 2 aromatic heterocycles. The van der Waals surface area contributed by atoms with Crippen LogP contribution in [-0.2, 0) is 0 Å². The first-order valence-electron chi connectivity index (χ1n) is 18.8. The summed E-state index contributed by atoms with van der Waals surface area (Å²) in [5.74, 6) is 0. The van der Waals surface area contributed by atoms with Gasteiger partial charge in [-0.15, -0.1) is 0 Å². The van der Waals surface area contributed by atoms with E-state index < -0.39 is 0 Å². The van der Waals surface area contributed by atoms with Gasteiger partial charge in [0.1, 0.15) is 11.2 Å². The molecule has 11 aromatic rings. The molecule has 0 aliphatic heterocycles. The second-order valence-corrected chi connectivity index (χ2v) is 14.2. The van der Waals surface area contributed by atoms with E-state index in [1.54, 1.807) is 0 Å². The van der Waals surface area contributed by atoms with E-state index in [-0.39, 0.29) is 0 Å². The summed E-state index contributed by atoms with van der Waals surface area (Å²) in [5, 5.41) is 7.12. The number of hydrogen-bond acceptors (Lipinski definition) is 2. The molecule has 0 bridgehead atoms. The molecule has 2 heterocycles. The second kappa shape index (κ2) is 12.6. The van der Waals surface area contributed by atoms with Gasteiger partial charge in [-0.2, -0.15) is 0 Å². The van der Waals surface area contributed by atoms with Crippen LogP contribution in [0.4, 0.5) is 17.1 Å². The molecule has 0 amide bonds. The Morgan fingerprint density at radius 1 is 0.345 bits per heavy atom. The summed E-state index contributed by atoms with van der Waals surface area (Å²) in [6.07, 6.45) is 0. The van der Waals surface area contributed by atoms with Crippen LogP contribution in [0.2, 0.25) is 0 Å². The normalized spacial score (nSPS) is 11.6. The van der Waals surface area contributed by atoms with Crippen LogP contribution in [0.5, 0.6) is 0 Å². The van der Waals surface area contributed by atoms with Gasteiger partial charge in [-0.1, -0.05) is 133 Å². The minimum atomic E-state index is 0.875. The topological polar surface area (TPSA) is 21.3 Å². The van der Waals surface area contributed by atoms with Crippen molar-refractivity contribution in [2.75, 3.05) is 4.90 Å². The molecule has 0 fully saturated rings. The Labute approximate surface area is 318 Å². The van der Waals surface area contributed by atoms with E-state index in [1.807, 2.05) is 12.1 Å². The van der Waals surface area contributed by atoms with Crippen LogP contribution in [0, 0.1) is 0 Å². The minimum absolute atomic E-state index is 0.875. The van der Waals surface area contributed by atoms with Crippen LogP contribution in [0.25, 0.3) is 82.5 Å². The highest BCUT2D eigenvalue weighted by Gasteiger charge is 2.18. The van der Waals surface area contributed by atoms with Crippen molar-refractivity contribution in [1.29, 1.82) is 0 Å². The Bertz CT molecular complexity index is 3180. The van der Waals surface area contributed by atoms with Crippen LogP contribution in [0.1, 0.15) is 0 Å². The molecule has 0 atom stereocenters. The van der Waals surface area contributed by atoms with E-state index in [0.717, 1.165) is 44.7 Å². The lowest BCUT2D eigenvalue weighted by atomic mass is 10.0. The van der Waals surface area contributed by atoms with Gasteiger partial charge in [0.05, 0.1) is 16.7 Å². The highest BCUT2D eigenvalue weighted by atomic mass is 16.3. The van der Waals surface area contributed by atoms with Gasteiger partial charge < -0.3 is 13.9 Å². The third kappa shape index (κ3) is 5.20. The van der Waals surface area contributed by atoms with E-state index in [2.05, 4.69) is 204 Å². The van der Waals surface area contributed by atoms with Crippen molar-refractivity contribution in [1.82, 2.24) is 4.57 Å². The van der Waals surface area contributed by atoms with E-state index in [0.29, 0.717) is 0 Å². The SMILES string of the molecule is c1ccc(-c2ccc(-n3c4ccccc4c4cc(-c5ccc(N(c6ccc7c(c6)oc6ccccc67)c6cccc7ccccc67)cc5)ccc43)cc2)cc1. The largest absolute Gasteiger partial charge is 0.456 e. The molecule has 0 aliphatic carbocycles. The third-order valence-corrected chi connectivity index (χ3v) is 11.0. The molecule has 0 saturated carbocycles. The summed E-state index contributed by atoms with van der Waals surface area (Å²) in [5.41, 5.74) is 13.3. The van der Waals surface area contributed by atoms with Crippen LogP contribution >= 0.6 is 0 Å². The quantitative estimate of drug-likeness (QED) is 0.172. The number of anilines is 3. The smallest absolute Gasteiger partial charge is 0.137 e. The van der Waals surface area contributed by atoms with E-state index >= 15 is 0 Å². The number of fused-ring (bicyclic) bond motifs is 7. The average molecular weight is 703 g/mol. The van der Waals surface area contributed by atoms with E-state index in [4.69, 9.17) is 4.42 Å². The molecule has 3 nitrogen and oxygen atoms in total. The van der Waals surface area contributed by atoms with Gasteiger partial charge in [-0.25, -0.2) is 0 Å². The molecule has 55 heavy (non-hydrogen) atoms. The molecule has 0 unspecified atom stereocenters. The fraction of sp³-hybridized carbons (Fsp3) is 0. The third-order valence-electron chi connectivity index (χ3n) is 11.0. The maximum absolute atomic E-state index is 6.37. The standard InChI is InChI=1S/C52H34N2O/c1-2-11-35(12-3-1)36-21-28-41(29-22-36)54-49-18-8-6-16-44(49)47-33-39(25-32-50(47)54)37-23-26-40(27-24-37)53(48-19-10-14-38-13-4-5-15-43(38)48)42-30-31-46-45-17-7-9-20-51(45)55-52(46)34-42/h1-34H. The van der Waals surface area contributed by atoms with Crippen molar-refractivity contribution in [3.05, 3.63) is 206 Å². The van der Waals surface area contributed by atoms with Gasteiger partial charge in [-0.05, 0) is 94.4 Å². The number of para-hydroxylation sites is 2. The zero-order valence-corrected chi connectivity index (χ0v) is 29.9. The van der Waals surface area contributed by atoms with Crippen molar-refractivity contribution in [3.8, 4) is 27.9 Å². The molecule has 9 aromatic carbocycles. The lowest BCUT2D eigenvalue weighted by Gasteiger charge is -2.27. The highest BCUT2D eigenvalue weighted by molar-refractivity contribution is 6.11. The summed E-state index contributed by atoms with van der Waals surface area (Å²) in [7, 11) is 0. The molecule has 0 radical (unpaired) electrons. The minimum Gasteiger partial charge on any atom is -0.456 e. The Hall–Kier alpha value is -7.36. The Morgan fingerprint density at radius 2 is 0.945 bits per heavy atom. The number of furan rings is 1. The number of aromatic nitrogens is 1. The summed E-state index contributed by atoms with van der Waals surface area (Å²) in [6, 6.07) is 73.9. The molecule has 3 heteroatoms. The lowest BCUT2D eigenvalue weighted by molar-refractivity contribution is 0.669. The van der Waals surface area contributed by atoms with Gasteiger partial charge in [-0.3, -0.25) is 0 Å². The average Bonchev–Trinajstić information content (AvgIpc) is 3.79. The molecular formula is C52H34N2O. The van der Waals surface area contributed by atoms with Crippen LogP contribution in [-0.4, -0.2) is 4.57 Å². The molecule has 11 rings (SSSR count). The molecule has 0 spiro atoms. The van der Waals surface area contributed by atoms with Gasteiger partial charge in [0.15, 0.2) is 0 Å². The Balaban J connectivity index is 1.01. The lowest BCUT2D eigenvalue weighted by Crippen LogP contribution is -2.10. The number of benzene rings is 9. The summed E-state index contributed by atoms with van der Waals surface area (Å²) in [6.45, 7) is 0. The number of nitrogens with zero attached hydrogens (tertiary/aromatic N) is 2. The maximum Gasteiger partial charge on any atom is 0.137 e. The predicted molar refractivity (Wildman–Crippen MR) is 231 cm³/mol. The molecule has 0 N–H and O–H groups in total. The monoisotopic (exact) mass is 702 g/mol. The summed E-state index contributed by atoms with van der Waals surface area (Å²) in [4.78, 5) is 2.35. The molecular weight excluding hydrogens is 669 g/mol. The first-order chi connectivity index (χ1) is 27.3. The predicted octanol–water partition coefficient (Wildman–Crippen LogP) is 14.6. The molecule has 0 aliphatic rings. The number of hydrogen-bond donors (Lipinski definition) is 0. The fourth-order valence-corrected chi connectivity index (χ4v) is 8.35. The van der Waals surface area contributed by atoms with Crippen molar-refractivity contribution >= 4 is 71.6 Å². The second-order valence-electron chi connectivity index (χ2n) is 14.2. The van der Waals surface area contributed by atoms with Crippen LogP contribution < -0.4 is 4.90 Å². The van der Waals surface area contributed by atoms with Crippen LogP contribution in [0.15, 0.2) is 211 Å². The first kappa shape index (κ1) is 31.2. The fourth-order valence-electron chi connectivity index (χ4n) is 8.35. The van der Waals surface area contributed by atoms with Crippen molar-refractivity contribution in [2.24, 2.45) is 0 Å². The summed E-state index contributed by atoms with van der Waals surface area (Å²) < 4.78 is 8.75. The van der Waals surface area contributed by atoms with Gasteiger partial charge in [0.2, 0.25) is 0 Å². The molecule has 0 saturated heterocycles. The van der Waals surface area contributed by atoms with Gasteiger partial charge in [0, 0.05) is 50.1 Å². The van der Waals surface area contributed by atoms with Crippen molar-refractivity contribution in [3.63, 3.8) is 0 Å². The Kier molecular flexibility index (Phi) is 7.17. The van der Waals surface area contributed by atoms with E-state index in [1.165, 1.54) is 54.8 Å². The molecule has 258 valence electrons. The van der Waals surface area contributed by atoms with Crippen molar-refractivity contribution < 1.29 is 4.42 Å².